The average Bonchev–Trinajstić information content (AvgIpc) is 2.65. The van der Waals surface area contributed by atoms with E-state index in [0.717, 1.165) is 29.2 Å². The second-order valence-electron chi connectivity index (χ2n) is 7.47. The molecule has 1 aliphatic rings. The lowest BCUT2D eigenvalue weighted by Crippen LogP contribution is -2.43. The van der Waals surface area contributed by atoms with Crippen molar-refractivity contribution in [2.75, 3.05) is 7.11 Å². The van der Waals surface area contributed by atoms with Gasteiger partial charge in [0, 0.05) is 23.8 Å². The van der Waals surface area contributed by atoms with Crippen LogP contribution in [0.2, 0.25) is 0 Å². The minimum Gasteiger partial charge on any atom is -0.497 e. The van der Waals surface area contributed by atoms with Gasteiger partial charge in [-0.3, -0.25) is 4.79 Å². The fraction of sp³-hybridized carbons (Fsp3) is 0.409. The Labute approximate surface area is 165 Å². The Bertz CT molecular complexity index is 791. The molecule has 0 fully saturated rings. The van der Waals surface area contributed by atoms with Gasteiger partial charge in [0.05, 0.1) is 18.4 Å². The normalized spacial score (nSPS) is 18.7. The fourth-order valence-electron chi connectivity index (χ4n) is 3.25. The van der Waals surface area contributed by atoms with Crippen LogP contribution in [0.25, 0.3) is 0 Å². The Morgan fingerprint density at radius 2 is 2.04 bits per heavy atom. The maximum atomic E-state index is 12.8. The molecule has 2 unspecified atom stereocenters. The van der Waals surface area contributed by atoms with Crippen LogP contribution in [0.1, 0.15) is 44.4 Å². The van der Waals surface area contributed by atoms with Crippen molar-refractivity contribution in [1.29, 1.82) is 0 Å². The first-order chi connectivity index (χ1) is 12.9. The summed E-state index contributed by atoms with van der Waals surface area (Å²) in [6.07, 6.45) is 0.730. The summed E-state index contributed by atoms with van der Waals surface area (Å²) in [4.78, 5) is 12.8. The molecule has 27 heavy (non-hydrogen) atoms. The Morgan fingerprint density at radius 3 is 2.74 bits per heavy atom. The van der Waals surface area contributed by atoms with Crippen molar-refractivity contribution < 1.29 is 14.3 Å². The molecular weight excluding hydrogens is 358 g/mol. The van der Waals surface area contributed by atoms with E-state index in [0.29, 0.717) is 0 Å². The third kappa shape index (κ3) is 4.98. The molecule has 4 nitrogen and oxygen atoms in total. The average molecular weight is 386 g/mol. The summed E-state index contributed by atoms with van der Waals surface area (Å²) in [5, 5.41) is 3.10. The Kier molecular flexibility index (Phi) is 6.00. The predicted octanol–water partition coefficient (Wildman–Crippen LogP) is 4.74. The molecule has 0 saturated carbocycles. The molecule has 2 aromatic carbocycles. The second-order valence-corrected chi connectivity index (χ2v) is 8.80. The van der Waals surface area contributed by atoms with Gasteiger partial charge >= 0.3 is 0 Å². The van der Waals surface area contributed by atoms with E-state index in [-0.39, 0.29) is 22.8 Å². The van der Waals surface area contributed by atoms with E-state index in [1.807, 2.05) is 57.2 Å². The highest BCUT2D eigenvalue weighted by Crippen LogP contribution is 2.41. The monoisotopic (exact) mass is 385 g/mol. The molecule has 1 heterocycles. The number of nitrogens with one attached hydrogen (secondary N) is 1. The van der Waals surface area contributed by atoms with E-state index in [9.17, 15) is 4.79 Å². The summed E-state index contributed by atoms with van der Waals surface area (Å²) in [6, 6.07) is 15.9. The van der Waals surface area contributed by atoms with E-state index in [4.69, 9.17) is 9.47 Å². The first kappa shape index (κ1) is 19.6. The zero-order valence-electron chi connectivity index (χ0n) is 16.3. The van der Waals surface area contributed by atoms with Gasteiger partial charge in [0.1, 0.15) is 17.1 Å². The highest BCUT2D eigenvalue weighted by molar-refractivity contribution is 7.99. The van der Waals surface area contributed by atoms with E-state index in [1.54, 1.807) is 18.9 Å². The molecule has 1 aliphatic heterocycles. The molecule has 1 N–H and O–H groups in total. The topological polar surface area (TPSA) is 47.6 Å². The molecule has 2 aromatic rings. The summed E-state index contributed by atoms with van der Waals surface area (Å²) >= 11 is 1.65. The number of benzene rings is 2. The fourth-order valence-corrected chi connectivity index (χ4v) is 4.10. The van der Waals surface area contributed by atoms with Crippen LogP contribution >= 0.6 is 11.8 Å². The van der Waals surface area contributed by atoms with Crippen LogP contribution in [0, 0.1) is 0 Å². The number of ether oxygens (including phenoxy) is 2. The molecule has 5 heteroatoms. The smallest absolute Gasteiger partial charge is 0.233 e. The molecule has 0 aromatic heterocycles. The third-order valence-corrected chi connectivity index (χ3v) is 5.92. The molecule has 0 saturated heterocycles. The van der Waals surface area contributed by atoms with Crippen LogP contribution in [0.4, 0.5) is 0 Å². The zero-order valence-corrected chi connectivity index (χ0v) is 17.1. The predicted molar refractivity (Wildman–Crippen MR) is 110 cm³/mol. The van der Waals surface area contributed by atoms with Crippen LogP contribution in [0.3, 0.4) is 0 Å². The second kappa shape index (κ2) is 8.26. The summed E-state index contributed by atoms with van der Waals surface area (Å²) in [7, 11) is 1.64. The molecule has 0 bridgehead atoms. The quantitative estimate of drug-likeness (QED) is 0.780. The van der Waals surface area contributed by atoms with Crippen molar-refractivity contribution in [1.82, 2.24) is 5.32 Å². The molecule has 2 atom stereocenters. The standard InChI is InChI=1S/C22H27NO3S/c1-15(27-14-16-8-6-5-7-9-16)21(24)23-19-13-22(2,3)26-20-12-17(25-4)10-11-18(19)20/h5-12,15,19H,13-14H2,1-4H3,(H,23,24). The van der Waals surface area contributed by atoms with Crippen molar-refractivity contribution >= 4 is 17.7 Å². The highest BCUT2D eigenvalue weighted by atomic mass is 32.2. The minimum absolute atomic E-state index is 0.0559. The Hall–Kier alpha value is -2.14. The van der Waals surface area contributed by atoms with Gasteiger partial charge in [-0.05, 0) is 38.5 Å². The van der Waals surface area contributed by atoms with E-state index in [2.05, 4.69) is 17.4 Å². The van der Waals surface area contributed by atoms with Crippen LogP contribution in [-0.4, -0.2) is 23.9 Å². The molecule has 0 radical (unpaired) electrons. The van der Waals surface area contributed by atoms with E-state index in [1.165, 1.54) is 5.56 Å². The van der Waals surface area contributed by atoms with Crippen LogP contribution < -0.4 is 14.8 Å². The molecule has 0 spiro atoms. The zero-order chi connectivity index (χ0) is 19.4. The van der Waals surface area contributed by atoms with E-state index < -0.39 is 0 Å². The highest BCUT2D eigenvalue weighted by Gasteiger charge is 2.35. The van der Waals surface area contributed by atoms with Gasteiger partial charge in [-0.2, -0.15) is 0 Å². The third-order valence-electron chi connectivity index (χ3n) is 4.71. The number of carbonyl (C=O) groups is 1. The van der Waals surface area contributed by atoms with Crippen molar-refractivity contribution in [3.05, 3.63) is 59.7 Å². The molecule has 0 aliphatic carbocycles. The Morgan fingerprint density at radius 1 is 1.30 bits per heavy atom. The van der Waals surface area contributed by atoms with Gasteiger partial charge in [-0.25, -0.2) is 0 Å². The molecule has 1 amide bonds. The number of methoxy groups -OCH3 is 1. The lowest BCUT2D eigenvalue weighted by Gasteiger charge is -2.38. The van der Waals surface area contributed by atoms with Gasteiger partial charge in [0.15, 0.2) is 0 Å². The first-order valence-electron chi connectivity index (χ1n) is 9.21. The molecular formula is C22H27NO3S. The maximum Gasteiger partial charge on any atom is 0.233 e. The number of hydrogen-bond donors (Lipinski definition) is 1. The maximum absolute atomic E-state index is 12.8. The first-order valence-corrected chi connectivity index (χ1v) is 10.3. The lowest BCUT2D eigenvalue weighted by molar-refractivity contribution is -0.121. The molecule has 3 rings (SSSR count). The minimum atomic E-state index is -0.349. The van der Waals surface area contributed by atoms with Crippen molar-refractivity contribution in [2.45, 2.75) is 49.8 Å². The lowest BCUT2D eigenvalue weighted by atomic mass is 9.89. The Balaban J connectivity index is 1.68. The van der Waals surface area contributed by atoms with Crippen LogP contribution in [0.15, 0.2) is 48.5 Å². The number of hydrogen-bond acceptors (Lipinski definition) is 4. The SMILES string of the molecule is COc1ccc2c(c1)OC(C)(C)CC2NC(=O)C(C)SCc1ccccc1. The van der Waals surface area contributed by atoms with Crippen molar-refractivity contribution in [2.24, 2.45) is 0 Å². The summed E-state index contributed by atoms with van der Waals surface area (Å²) < 4.78 is 11.4. The van der Waals surface area contributed by atoms with Gasteiger partial charge in [0.25, 0.3) is 0 Å². The number of fused-ring (bicyclic) bond motifs is 1. The van der Waals surface area contributed by atoms with Gasteiger partial charge in [-0.1, -0.05) is 30.3 Å². The summed E-state index contributed by atoms with van der Waals surface area (Å²) in [5.74, 6) is 2.41. The number of rotatable bonds is 6. The summed E-state index contributed by atoms with van der Waals surface area (Å²) in [6.45, 7) is 6.05. The molecule has 144 valence electrons. The van der Waals surface area contributed by atoms with Crippen molar-refractivity contribution in [3.63, 3.8) is 0 Å². The van der Waals surface area contributed by atoms with E-state index >= 15 is 0 Å². The van der Waals surface area contributed by atoms with Gasteiger partial charge < -0.3 is 14.8 Å². The van der Waals surface area contributed by atoms with Crippen LogP contribution in [-0.2, 0) is 10.5 Å². The van der Waals surface area contributed by atoms with Gasteiger partial charge in [-0.15, -0.1) is 11.8 Å². The van der Waals surface area contributed by atoms with Crippen LogP contribution in [0.5, 0.6) is 11.5 Å². The number of thioether (sulfide) groups is 1. The summed E-state index contributed by atoms with van der Waals surface area (Å²) in [5.41, 5.74) is 1.88. The van der Waals surface area contributed by atoms with Crippen molar-refractivity contribution in [3.8, 4) is 11.5 Å². The number of amides is 1. The number of carbonyl (C=O) groups excluding carboxylic acids is 1. The largest absolute Gasteiger partial charge is 0.497 e. The van der Waals surface area contributed by atoms with Gasteiger partial charge in [0.2, 0.25) is 5.91 Å².